The lowest BCUT2D eigenvalue weighted by atomic mass is 10.2. The number of hydrogen-bond acceptors (Lipinski definition) is 4. The Kier molecular flexibility index (Phi) is 8.54. The zero-order valence-corrected chi connectivity index (χ0v) is 16.5. The number of aliphatic imine (C=N–C) groups is 1. The Balaban J connectivity index is 2.05. The lowest BCUT2D eigenvalue weighted by Gasteiger charge is -2.18. The van der Waals surface area contributed by atoms with E-state index in [1.807, 2.05) is 18.2 Å². The van der Waals surface area contributed by atoms with Crippen LogP contribution in [0.3, 0.4) is 0 Å². The molecule has 1 aliphatic carbocycles. The fourth-order valence-corrected chi connectivity index (χ4v) is 3.11. The first kappa shape index (κ1) is 20.4. The highest BCUT2D eigenvalue weighted by Crippen LogP contribution is 2.32. The summed E-state index contributed by atoms with van der Waals surface area (Å²) in [5.74, 6) is 2.38. The monoisotopic (exact) mass is 363 g/mol. The van der Waals surface area contributed by atoms with Crippen LogP contribution in [-0.2, 0) is 11.3 Å². The highest BCUT2D eigenvalue weighted by atomic mass is 16.5. The summed E-state index contributed by atoms with van der Waals surface area (Å²) in [6.45, 7) is 6.13. The molecule has 0 heterocycles. The number of ether oxygens (including phenoxy) is 3. The summed E-state index contributed by atoms with van der Waals surface area (Å²) < 4.78 is 16.8. The maximum absolute atomic E-state index is 6.17. The molecule has 0 radical (unpaired) electrons. The van der Waals surface area contributed by atoms with Crippen LogP contribution in [0.4, 0.5) is 0 Å². The van der Waals surface area contributed by atoms with Crippen LogP contribution in [-0.4, -0.2) is 45.5 Å². The molecule has 1 aliphatic rings. The molecular weight excluding hydrogens is 330 g/mol. The van der Waals surface area contributed by atoms with Crippen LogP contribution < -0.4 is 20.1 Å². The quantitative estimate of drug-likeness (QED) is 0.521. The Morgan fingerprint density at radius 1 is 1.23 bits per heavy atom. The molecule has 0 aliphatic heterocycles. The molecule has 0 aromatic heterocycles. The highest BCUT2D eigenvalue weighted by molar-refractivity contribution is 5.80. The van der Waals surface area contributed by atoms with Gasteiger partial charge in [0.1, 0.15) is 0 Å². The van der Waals surface area contributed by atoms with Gasteiger partial charge in [0.25, 0.3) is 0 Å². The van der Waals surface area contributed by atoms with E-state index in [4.69, 9.17) is 14.2 Å². The molecule has 0 amide bonds. The van der Waals surface area contributed by atoms with Crippen LogP contribution in [0.15, 0.2) is 23.2 Å². The van der Waals surface area contributed by atoms with Crippen molar-refractivity contribution in [2.45, 2.75) is 58.2 Å². The third-order valence-electron chi connectivity index (χ3n) is 4.39. The van der Waals surface area contributed by atoms with Crippen molar-refractivity contribution < 1.29 is 14.2 Å². The number of nitrogens with zero attached hydrogens (tertiary/aromatic N) is 1. The SMILES string of the molecule is CCNC(=NCc1ccc(OC)c(OC2CCCC2)c1)NC(C)COC. The van der Waals surface area contributed by atoms with Crippen molar-refractivity contribution in [2.75, 3.05) is 27.4 Å². The third-order valence-corrected chi connectivity index (χ3v) is 4.39. The Bertz CT molecular complexity index is 571. The van der Waals surface area contributed by atoms with Crippen molar-refractivity contribution in [3.8, 4) is 11.5 Å². The standard InChI is InChI=1S/C20H33N3O3/c1-5-21-20(23-15(2)14-24-3)22-13-16-10-11-18(25-4)19(12-16)26-17-8-6-7-9-17/h10-12,15,17H,5-9,13-14H2,1-4H3,(H2,21,22,23). The molecule has 0 bridgehead atoms. The van der Waals surface area contributed by atoms with Gasteiger partial charge in [-0.2, -0.15) is 0 Å². The van der Waals surface area contributed by atoms with Crippen LogP contribution in [0.25, 0.3) is 0 Å². The van der Waals surface area contributed by atoms with E-state index in [2.05, 4.69) is 29.5 Å². The maximum atomic E-state index is 6.17. The molecule has 1 fully saturated rings. The summed E-state index contributed by atoms with van der Waals surface area (Å²) in [5, 5.41) is 6.61. The fourth-order valence-electron chi connectivity index (χ4n) is 3.11. The van der Waals surface area contributed by atoms with Crippen LogP contribution in [0, 0.1) is 0 Å². The average molecular weight is 364 g/mol. The Hall–Kier alpha value is -1.95. The van der Waals surface area contributed by atoms with Crippen molar-refractivity contribution in [2.24, 2.45) is 4.99 Å². The topological polar surface area (TPSA) is 64.1 Å². The fraction of sp³-hybridized carbons (Fsp3) is 0.650. The Labute approximate surface area is 157 Å². The highest BCUT2D eigenvalue weighted by Gasteiger charge is 2.18. The second-order valence-corrected chi connectivity index (χ2v) is 6.71. The summed E-state index contributed by atoms with van der Waals surface area (Å²) in [6.07, 6.45) is 5.04. The van der Waals surface area contributed by atoms with E-state index in [9.17, 15) is 0 Å². The van der Waals surface area contributed by atoms with Gasteiger partial charge >= 0.3 is 0 Å². The van der Waals surface area contributed by atoms with Gasteiger partial charge in [0.15, 0.2) is 17.5 Å². The average Bonchev–Trinajstić information content (AvgIpc) is 3.13. The second-order valence-electron chi connectivity index (χ2n) is 6.71. The zero-order valence-electron chi connectivity index (χ0n) is 16.5. The molecule has 1 aromatic rings. The predicted molar refractivity (Wildman–Crippen MR) is 105 cm³/mol. The minimum atomic E-state index is 0.190. The predicted octanol–water partition coefficient (Wildman–Crippen LogP) is 3.11. The normalized spacial score (nSPS) is 16.4. The number of guanidine groups is 1. The van der Waals surface area contributed by atoms with Crippen molar-refractivity contribution in [3.63, 3.8) is 0 Å². The van der Waals surface area contributed by atoms with Gasteiger partial charge in [0, 0.05) is 19.7 Å². The number of hydrogen-bond donors (Lipinski definition) is 2. The van der Waals surface area contributed by atoms with Crippen LogP contribution in [0.1, 0.15) is 45.1 Å². The second kappa shape index (κ2) is 10.9. The van der Waals surface area contributed by atoms with E-state index in [0.717, 1.165) is 42.4 Å². The molecule has 146 valence electrons. The van der Waals surface area contributed by atoms with Gasteiger partial charge in [-0.3, -0.25) is 0 Å². The largest absolute Gasteiger partial charge is 0.493 e. The summed E-state index contributed by atoms with van der Waals surface area (Å²) in [7, 11) is 3.38. The molecule has 1 atom stereocenters. The summed E-state index contributed by atoms with van der Waals surface area (Å²) in [5.41, 5.74) is 1.09. The lowest BCUT2D eigenvalue weighted by Crippen LogP contribution is -2.43. The van der Waals surface area contributed by atoms with Crippen molar-refractivity contribution in [1.29, 1.82) is 0 Å². The number of methoxy groups -OCH3 is 2. The molecule has 1 unspecified atom stereocenters. The van der Waals surface area contributed by atoms with Crippen molar-refractivity contribution in [1.82, 2.24) is 10.6 Å². The van der Waals surface area contributed by atoms with Crippen molar-refractivity contribution >= 4 is 5.96 Å². The molecule has 1 aromatic carbocycles. The molecule has 0 spiro atoms. The van der Waals surface area contributed by atoms with E-state index in [1.165, 1.54) is 12.8 Å². The van der Waals surface area contributed by atoms with Crippen molar-refractivity contribution in [3.05, 3.63) is 23.8 Å². The van der Waals surface area contributed by atoms with Gasteiger partial charge in [-0.1, -0.05) is 6.07 Å². The van der Waals surface area contributed by atoms with Crippen LogP contribution in [0.5, 0.6) is 11.5 Å². The minimum Gasteiger partial charge on any atom is -0.493 e. The Morgan fingerprint density at radius 2 is 2.00 bits per heavy atom. The summed E-state index contributed by atoms with van der Waals surface area (Å²) in [6, 6.07) is 6.23. The van der Waals surface area contributed by atoms with Gasteiger partial charge in [-0.25, -0.2) is 4.99 Å². The molecule has 1 saturated carbocycles. The molecule has 26 heavy (non-hydrogen) atoms. The van der Waals surface area contributed by atoms with Gasteiger partial charge in [0.2, 0.25) is 0 Å². The molecule has 2 N–H and O–H groups in total. The van der Waals surface area contributed by atoms with Gasteiger partial charge < -0.3 is 24.8 Å². The van der Waals surface area contributed by atoms with Crippen LogP contribution >= 0.6 is 0 Å². The first-order chi connectivity index (χ1) is 12.7. The van der Waals surface area contributed by atoms with E-state index in [1.54, 1.807) is 14.2 Å². The van der Waals surface area contributed by atoms with Gasteiger partial charge in [-0.05, 0) is 57.2 Å². The first-order valence-corrected chi connectivity index (χ1v) is 9.53. The van der Waals surface area contributed by atoms with E-state index in [0.29, 0.717) is 19.3 Å². The van der Waals surface area contributed by atoms with E-state index >= 15 is 0 Å². The van der Waals surface area contributed by atoms with Crippen LogP contribution in [0.2, 0.25) is 0 Å². The van der Waals surface area contributed by atoms with Gasteiger partial charge in [0.05, 0.1) is 26.4 Å². The number of benzene rings is 1. The van der Waals surface area contributed by atoms with Gasteiger partial charge in [-0.15, -0.1) is 0 Å². The molecule has 6 heteroatoms. The molecular formula is C20H33N3O3. The first-order valence-electron chi connectivity index (χ1n) is 9.53. The third kappa shape index (κ3) is 6.41. The molecule has 0 saturated heterocycles. The molecule has 2 rings (SSSR count). The summed E-state index contributed by atoms with van der Waals surface area (Å²) in [4.78, 5) is 4.68. The minimum absolute atomic E-state index is 0.190. The smallest absolute Gasteiger partial charge is 0.191 e. The zero-order chi connectivity index (χ0) is 18.8. The van der Waals surface area contributed by atoms with E-state index < -0.39 is 0 Å². The maximum Gasteiger partial charge on any atom is 0.191 e. The number of rotatable bonds is 9. The van der Waals surface area contributed by atoms with E-state index in [-0.39, 0.29) is 6.04 Å². The number of nitrogens with one attached hydrogen (secondary N) is 2. The summed E-state index contributed by atoms with van der Waals surface area (Å²) >= 11 is 0. The Morgan fingerprint density at radius 3 is 2.65 bits per heavy atom. The lowest BCUT2D eigenvalue weighted by molar-refractivity contribution is 0.179. The molecule has 6 nitrogen and oxygen atoms in total.